The Morgan fingerprint density at radius 1 is 1.06 bits per heavy atom. The van der Waals surface area contributed by atoms with Gasteiger partial charge in [-0.15, -0.1) is 0 Å². The number of piperazine rings is 1. The number of fused-ring (bicyclic) bond motifs is 1. The van der Waals surface area contributed by atoms with Gasteiger partial charge in [0.25, 0.3) is 0 Å². The summed E-state index contributed by atoms with van der Waals surface area (Å²) in [4.78, 5) is 18.4. The van der Waals surface area contributed by atoms with Crippen molar-refractivity contribution in [2.75, 3.05) is 42.9 Å². The van der Waals surface area contributed by atoms with E-state index in [0.717, 1.165) is 36.2 Å². The molecule has 0 aliphatic carbocycles. The summed E-state index contributed by atoms with van der Waals surface area (Å²) in [7, 11) is 0. The minimum absolute atomic E-state index is 0.424. The van der Waals surface area contributed by atoms with Gasteiger partial charge in [-0.05, 0) is 32.9 Å². The summed E-state index contributed by atoms with van der Waals surface area (Å²) in [6, 6.07) is 5.62. The lowest BCUT2D eigenvalue weighted by Crippen LogP contribution is -2.46. The van der Waals surface area contributed by atoms with Crippen molar-refractivity contribution < 1.29 is 13.9 Å². The number of halogens is 2. The van der Waals surface area contributed by atoms with Gasteiger partial charge in [0, 0.05) is 63.0 Å². The third-order valence-corrected chi connectivity index (χ3v) is 5.63. The zero-order chi connectivity index (χ0) is 23.6. The van der Waals surface area contributed by atoms with Gasteiger partial charge < -0.3 is 15.3 Å². The van der Waals surface area contributed by atoms with Crippen molar-refractivity contribution in [3.05, 3.63) is 53.4 Å². The largest absolute Gasteiger partial charge is 0.390 e. The van der Waals surface area contributed by atoms with E-state index in [1.54, 1.807) is 20.0 Å². The molecule has 0 atom stereocenters. The molecule has 3 heterocycles. The summed E-state index contributed by atoms with van der Waals surface area (Å²) in [6.07, 6.45) is 2.12. The molecule has 3 aromatic rings. The Morgan fingerprint density at radius 2 is 1.82 bits per heavy atom. The van der Waals surface area contributed by atoms with Crippen LogP contribution in [0.2, 0.25) is 0 Å². The van der Waals surface area contributed by atoms with E-state index in [1.807, 2.05) is 13.0 Å². The molecule has 0 saturated carbocycles. The van der Waals surface area contributed by atoms with Crippen LogP contribution in [0.1, 0.15) is 32.0 Å². The number of hydrogen-bond donors (Lipinski definition) is 2. The normalized spacial score (nSPS) is 15.3. The summed E-state index contributed by atoms with van der Waals surface area (Å²) in [5.41, 5.74) is 1.82. The Bertz CT molecular complexity index is 1130. The van der Waals surface area contributed by atoms with Crippen molar-refractivity contribution in [3.63, 3.8) is 0 Å². The maximum Gasteiger partial charge on any atom is 0.172 e. The lowest BCUT2D eigenvalue weighted by Gasteiger charge is -2.36. The Balaban J connectivity index is 1.53. The average molecular weight is 457 g/mol. The van der Waals surface area contributed by atoms with Crippen molar-refractivity contribution >= 4 is 22.7 Å². The minimum atomic E-state index is -0.860. The number of benzene rings is 1. The molecule has 9 heteroatoms. The number of aromatic nitrogens is 3. The quantitative estimate of drug-likeness (QED) is 0.564. The van der Waals surface area contributed by atoms with Crippen LogP contribution in [0, 0.1) is 11.6 Å². The number of hydrogen-bond acceptors (Lipinski definition) is 7. The van der Waals surface area contributed by atoms with E-state index in [0.29, 0.717) is 49.5 Å². The predicted octanol–water partition coefficient (Wildman–Crippen LogP) is 3.37. The van der Waals surface area contributed by atoms with E-state index < -0.39 is 17.2 Å². The van der Waals surface area contributed by atoms with E-state index in [2.05, 4.69) is 20.1 Å². The van der Waals surface area contributed by atoms with Gasteiger partial charge in [-0.25, -0.2) is 18.7 Å². The van der Waals surface area contributed by atoms with Gasteiger partial charge in [0.15, 0.2) is 11.6 Å². The van der Waals surface area contributed by atoms with Crippen LogP contribution in [0.5, 0.6) is 0 Å². The maximum absolute atomic E-state index is 14.0. The number of nitrogens with one attached hydrogen (secondary N) is 1. The van der Waals surface area contributed by atoms with Gasteiger partial charge in [-0.1, -0.05) is 6.07 Å². The standard InChI is InChI=1S/C24H30F2N6O/c1-4-27-22-23(30-20-12-18(13-24(2,3)33)28-14-21(20)29-22)32-9-7-31(8-10-32)15-16-5-6-17(25)11-19(16)26/h5-6,11-12,14,33H,4,7-10,13,15H2,1-3H3,(H,27,29). The molecular formula is C24H30F2N6O. The molecule has 1 fully saturated rings. The molecule has 7 nitrogen and oxygen atoms in total. The highest BCUT2D eigenvalue weighted by Gasteiger charge is 2.23. The van der Waals surface area contributed by atoms with Crippen LogP contribution < -0.4 is 10.2 Å². The molecule has 0 radical (unpaired) electrons. The zero-order valence-electron chi connectivity index (χ0n) is 19.3. The van der Waals surface area contributed by atoms with Crippen molar-refractivity contribution in [2.45, 2.75) is 39.3 Å². The topological polar surface area (TPSA) is 77.4 Å². The molecule has 4 rings (SSSR count). The number of aliphatic hydroxyl groups is 1. The van der Waals surface area contributed by atoms with Crippen molar-refractivity contribution in [2.24, 2.45) is 0 Å². The maximum atomic E-state index is 14.0. The van der Waals surface area contributed by atoms with Crippen LogP contribution in [-0.4, -0.2) is 63.3 Å². The smallest absolute Gasteiger partial charge is 0.172 e. The number of rotatable bonds is 7. The van der Waals surface area contributed by atoms with E-state index in [1.165, 1.54) is 12.1 Å². The van der Waals surface area contributed by atoms with E-state index in [-0.39, 0.29) is 0 Å². The number of nitrogens with zero attached hydrogens (tertiary/aromatic N) is 5. The second kappa shape index (κ2) is 9.52. The highest BCUT2D eigenvalue weighted by molar-refractivity contribution is 5.80. The monoisotopic (exact) mass is 456 g/mol. The molecule has 2 aromatic heterocycles. The second-order valence-corrected chi connectivity index (χ2v) is 9.08. The first-order chi connectivity index (χ1) is 15.7. The third kappa shape index (κ3) is 5.72. The van der Waals surface area contributed by atoms with Gasteiger partial charge in [-0.2, -0.15) is 0 Å². The lowest BCUT2D eigenvalue weighted by molar-refractivity contribution is 0.0800. The molecule has 176 valence electrons. The fraction of sp³-hybridized carbons (Fsp3) is 0.458. The Labute approximate surface area is 192 Å². The molecule has 0 amide bonds. The second-order valence-electron chi connectivity index (χ2n) is 9.08. The first-order valence-electron chi connectivity index (χ1n) is 11.3. The molecule has 0 unspecified atom stereocenters. The van der Waals surface area contributed by atoms with Crippen molar-refractivity contribution in [1.82, 2.24) is 19.9 Å². The van der Waals surface area contributed by atoms with Crippen LogP contribution in [0.3, 0.4) is 0 Å². The molecule has 1 aliphatic heterocycles. The Morgan fingerprint density at radius 3 is 2.48 bits per heavy atom. The number of anilines is 2. The molecule has 2 N–H and O–H groups in total. The van der Waals surface area contributed by atoms with Crippen LogP contribution in [0.4, 0.5) is 20.4 Å². The first-order valence-corrected chi connectivity index (χ1v) is 11.3. The Kier molecular flexibility index (Phi) is 6.71. The zero-order valence-corrected chi connectivity index (χ0v) is 19.3. The lowest BCUT2D eigenvalue weighted by atomic mass is 10.0. The van der Waals surface area contributed by atoms with Crippen molar-refractivity contribution in [3.8, 4) is 0 Å². The molecule has 1 aromatic carbocycles. The van der Waals surface area contributed by atoms with Crippen LogP contribution in [0.25, 0.3) is 11.0 Å². The fourth-order valence-electron chi connectivity index (χ4n) is 4.05. The first kappa shape index (κ1) is 23.3. The van der Waals surface area contributed by atoms with Gasteiger partial charge in [0.1, 0.15) is 17.2 Å². The third-order valence-electron chi connectivity index (χ3n) is 5.63. The molecule has 0 spiro atoms. The molecule has 1 aliphatic rings. The van der Waals surface area contributed by atoms with Gasteiger partial charge in [-0.3, -0.25) is 9.88 Å². The predicted molar refractivity (Wildman–Crippen MR) is 125 cm³/mol. The average Bonchev–Trinajstić information content (AvgIpc) is 2.75. The molecule has 33 heavy (non-hydrogen) atoms. The summed E-state index contributed by atoms with van der Waals surface area (Å²) in [5.74, 6) is 0.410. The van der Waals surface area contributed by atoms with Gasteiger partial charge in [0.05, 0.1) is 17.3 Å². The number of pyridine rings is 1. The van der Waals surface area contributed by atoms with E-state index in [9.17, 15) is 13.9 Å². The Hall–Kier alpha value is -2.91. The van der Waals surface area contributed by atoms with Gasteiger partial charge >= 0.3 is 0 Å². The SMILES string of the molecule is CCNc1nc2cnc(CC(C)(C)O)cc2nc1N1CCN(Cc2ccc(F)cc2F)CC1. The van der Waals surface area contributed by atoms with Crippen molar-refractivity contribution in [1.29, 1.82) is 0 Å². The van der Waals surface area contributed by atoms with Crippen LogP contribution in [0.15, 0.2) is 30.5 Å². The van der Waals surface area contributed by atoms with E-state index in [4.69, 9.17) is 9.97 Å². The summed E-state index contributed by atoms with van der Waals surface area (Å²) >= 11 is 0. The minimum Gasteiger partial charge on any atom is -0.390 e. The molecular weight excluding hydrogens is 426 g/mol. The highest BCUT2D eigenvalue weighted by atomic mass is 19.1. The molecule has 1 saturated heterocycles. The molecule has 0 bridgehead atoms. The van der Waals surface area contributed by atoms with Gasteiger partial charge in [0.2, 0.25) is 0 Å². The summed E-state index contributed by atoms with van der Waals surface area (Å²) in [6.45, 7) is 9.53. The van der Waals surface area contributed by atoms with Crippen LogP contribution >= 0.6 is 0 Å². The fourth-order valence-corrected chi connectivity index (χ4v) is 4.05. The van der Waals surface area contributed by atoms with E-state index >= 15 is 0 Å². The summed E-state index contributed by atoms with van der Waals surface area (Å²) < 4.78 is 27.2. The summed E-state index contributed by atoms with van der Waals surface area (Å²) in [5, 5.41) is 13.4. The highest BCUT2D eigenvalue weighted by Crippen LogP contribution is 2.27. The van der Waals surface area contributed by atoms with Crippen LogP contribution in [-0.2, 0) is 13.0 Å².